The topological polar surface area (TPSA) is 95.9 Å². The largest absolute Gasteiger partial charge is 0.482 e. The van der Waals surface area contributed by atoms with Crippen LogP contribution in [0.1, 0.15) is 13.3 Å². The van der Waals surface area contributed by atoms with Gasteiger partial charge in [0.05, 0.1) is 5.92 Å². The Kier molecular flexibility index (Phi) is 4.98. The Bertz CT molecular complexity index is 587. The number of ether oxygens (including phenoxy) is 1. The minimum Gasteiger partial charge on any atom is -0.482 e. The summed E-state index contributed by atoms with van der Waals surface area (Å²) < 4.78 is 5.05. The molecule has 7 nitrogen and oxygen atoms in total. The predicted molar refractivity (Wildman–Crippen MR) is 78.6 cm³/mol. The lowest BCUT2D eigenvalue weighted by atomic mass is 10.1. The summed E-state index contributed by atoms with van der Waals surface area (Å²) in [6.45, 7) is 2.46. The Hall–Kier alpha value is -2.57. The van der Waals surface area contributed by atoms with Gasteiger partial charge in [-0.1, -0.05) is 6.07 Å². The first-order chi connectivity index (χ1) is 10.5. The maximum atomic E-state index is 12.2. The van der Waals surface area contributed by atoms with E-state index in [2.05, 4.69) is 5.32 Å². The van der Waals surface area contributed by atoms with Gasteiger partial charge in [0.25, 0.3) is 0 Å². The number of nitrogens with zero attached hydrogens (tertiary/aromatic N) is 1. The Balaban J connectivity index is 1.96. The van der Waals surface area contributed by atoms with Crippen LogP contribution in [0.4, 0.5) is 5.69 Å². The molecule has 1 fully saturated rings. The number of amides is 2. The minimum atomic E-state index is -1.07. The molecule has 1 aromatic rings. The van der Waals surface area contributed by atoms with Gasteiger partial charge < -0.3 is 20.1 Å². The normalized spacial score (nSPS) is 17.4. The summed E-state index contributed by atoms with van der Waals surface area (Å²) in [5, 5.41) is 11.3. The van der Waals surface area contributed by atoms with Gasteiger partial charge in [-0.05, 0) is 19.1 Å². The van der Waals surface area contributed by atoms with Crippen LogP contribution in [0.3, 0.4) is 0 Å². The molecule has 0 spiro atoms. The molecule has 0 aliphatic carbocycles. The molecule has 22 heavy (non-hydrogen) atoms. The van der Waals surface area contributed by atoms with Crippen molar-refractivity contribution in [3.8, 4) is 5.75 Å². The summed E-state index contributed by atoms with van der Waals surface area (Å²) in [5.74, 6) is -1.31. The first-order valence-electron chi connectivity index (χ1n) is 7.03. The number of likely N-dealkylation sites (tertiary alicyclic amines) is 1. The van der Waals surface area contributed by atoms with Crippen LogP contribution in [-0.4, -0.2) is 47.5 Å². The molecule has 1 atom stereocenters. The Labute approximate surface area is 127 Å². The molecular weight excluding hydrogens is 288 g/mol. The van der Waals surface area contributed by atoms with E-state index in [0.717, 1.165) is 0 Å². The third-order valence-electron chi connectivity index (χ3n) is 3.43. The fourth-order valence-corrected chi connectivity index (χ4v) is 2.31. The lowest BCUT2D eigenvalue weighted by Gasteiger charge is -2.14. The molecule has 1 aliphatic rings. The highest BCUT2D eigenvalue weighted by atomic mass is 16.5. The zero-order valence-corrected chi connectivity index (χ0v) is 12.2. The van der Waals surface area contributed by atoms with Gasteiger partial charge in [-0.25, -0.2) is 4.79 Å². The molecule has 0 saturated carbocycles. The molecule has 118 valence electrons. The second-order valence-corrected chi connectivity index (χ2v) is 5.03. The van der Waals surface area contributed by atoms with Crippen molar-refractivity contribution in [3.63, 3.8) is 0 Å². The summed E-state index contributed by atoms with van der Waals surface area (Å²) in [4.78, 5) is 35.9. The number of carboxylic acids is 1. The van der Waals surface area contributed by atoms with Gasteiger partial charge in [0.15, 0.2) is 6.61 Å². The van der Waals surface area contributed by atoms with Crippen molar-refractivity contribution in [3.05, 3.63) is 24.3 Å². The summed E-state index contributed by atoms with van der Waals surface area (Å²) in [5.41, 5.74) is 0.510. The van der Waals surface area contributed by atoms with Crippen molar-refractivity contribution in [2.45, 2.75) is 13.3 Å². The fourth-order valence-electron chi connectivity index (χ4n) is 2.31. The van der Waals surface area contributed by atoms with Crippen molar-refractivity contribution in [1.82, 2.24) is 4.90 Å². The van der Waals surface area contributed by atoms with Crippen LogP contribution in [0, 0.1) is 5.92 Å². The standard InChI is InChI=1S/C15H18N2O5/c1-2-17-8-10(6-13(17)18)15(21)16-11-4-3-5-12(7-11)22-9-14(19)20/h3-5,7,10H,2,6,8-9H2,1H3,(H,16,21)(H,19,20). The van der Waals surface area contributed by atoms with E-state index in [-0.39, 0.29) is 24.2 Å². The Morgan fingerprint density at radius 2 is 2.23 bits per heavy atom. The lowest BCUT2D eigenvalue weighted by molar-refractivity contribution is -0.139. The molecule has 0 aromatic heterocycles. The van der Waals surface area contributed by atoms with Crippen molar-refractivity contribution < 1.29 is 24.2 Å². The average Bonchev–Trinajstić information content (AvgIpc) is 2.87. The number of hydrogen-bond acceptors (Lipinski definition) is 4. The van der Waals surface area contributed by atoms with Crippen molar-refractivity contribution in [2.24, 2.45) is 5.92 Å². The number of anilines is 1. The molecule has 1 saturated heterocycles. The second-order valence-electron chi connectivity index (χ2n) is 5.03. The number of hydrogen-bond donors (Lipinski definition) is 2. The van der Waals surface area contributed by atoms with E-state index in [1.807, 2.05) is 6.92 Å². The van der Waals surface area contributed by atoms with Crippen LogP contribution in [0.2, 0.25) is 0 Å². The molecule has 1 unspecified atom stereocenters. The van der Waals surface area contributed by atoms with Crippen LogP contribution in [-0.2, 0) is 14.4 Å². The van der Waals surface area contributed by atoms with Gasteiger partial charge >= 0.3 is 5.97 Å². The number of carboxylic acid groups (broad SMARTS) is 1. The lowest BCUT2D eigenvalue weighted by Crippen LogP contribution is -2.28. The maximum absolute atomic E-state index is 12.2. The number of carbonyl (C=O) groups is 3. The van der Waals surface area contributed by atoms with E-state index in [0.29, 0.717) is 24.5 Å². The van der Waals surface area contributed by atoms with E-state index < -0.39 is 12.6 Å². The zero-order valence-electron chi connectivity index (χ0n) is 12.2. The number of carbonyl (C=O) groups excluding carboxylic acids is 2. The highest BCUT2D eigenvalue weighted by Gasteiger charge is 2.33. The van der Waals surface area contributed by atoms with Crippen LogP contribution >= 0.6 is 0 Å². The molecule has 2 rings (SSSR count). The highest BCUT2D eigenvalue weighted by molar-refractivity contribution is 5.97. The van der Waals surface area contributed by atoms with Crippen LogP contribution < -0.4 is 10.1 Å². The molecule has 0 radical (unpaired) electrons. The van der Waals surface area contributed by atoms with E-state index in [4.69, 9.17) is 9.84 Å². The molecule has 7 heteroatoms. The molecule has 1 aliphatic heterocycles. The van der Waals surface area contributed by atoms with Gasteiger partial charge in [-0.15, -0.1) is 0 Å². The van der Waals surface area contributed by atoms with Crippen molar-refractivity contribution in [1.29, 1.82) is 0 Å². The third kappa shape index (κ3) is 3.97. The van der Waals surface area contributed by atoms with Gasteiger partial charge in [0.2, 0.25) is 11.8 Å². The van der Waals surface area contributed by atoms with Crippen molar-refractivity contribution in [2.75, 3.05) is 25.0 Å². The molecule has 0 bridgehead atoms. The third-order valence-corrected chi connectivity index (χ3v) is 3.43. The molecule has 2 N–H and O–H groups in total. The Morgan fingerprint density at radius 3 is 2.86 bits per heavy atom. The molecule has 1 aromatic carbocycles. The number of nitrogens with one attached hydrogen (secondary N) is 1. The van der Waals surface area contributed by atoms with Crippen LogP contribution in [0.15, 0.2) is 24.3 Å². The smallest absolute Gasteiger partial charge is 0.341 e. The van der Waals surface area contributed by atoms with E-state index in [9.17, 15) is 14.4 Å². The van der Waals surface area contributed by atoms with Gasteiger partial charge in [-0.3, -0.25) is 9.59 Å². The average molecular weight is 306 g/mol. The zero-order chi connectivity index (χ0) is 16.1. The van der Waals surface area contributed by atoms with Gasteiger partial charge in [0, 0.05) is 31.3 Å². The summed E-state index contributed by atoms with van der Waals surface area (Å²) in [7, 11) is 0. The van der Waals surface area contributed by atoms with Gasteiger partial charge in [0.1, 0.15) is 5.75 Å². The summed E-state index contributed by atoms with van der Waals surface area (Å²) in [6, 6.07) is 6.50. The summed E-state index contributed by atoms with van der Waals surface area (Å²) in [6.07, 6.45) is 0.217. The monoisotopic (exact) mass is 306 g/mol. The Morgan fingerprint density at radius 1 is 1.45 bits per heavy atom. The van der Waals surface area contributed by atoms with E-state index in [1.54, 1.807) is 29.2 Å². The second kappa shape index (κ2) is 6.93. The highest BCUT2D eigenvalue weighted by Crippen LogP contribution is 2.21. The van der Waals surface area contributed by atoms with Crippen LogP contribution in [0.25, 0.3) is 0 Å². The first-order valence-corrected chi connectivity index (χ1v) is 7.03. The SMILES string of the molecule is CCN1CC(C(=O)Nc2cccc(OCC(=O)O)c2)CC1=O. The molecule has 2 amide bonds. The fraction of sp³-hybridized carbons (Fsp3) is 0.400. The first kappa shape index (κ1) is 15.8. The number of aliphatic carboxylic acids is 1. The van der Waals surface area contributed by atoms with Crippen molar-refractivity contribution >= 4 is 23.5 Å². The number of benzene rings is 1. The molecular formula is C15H18N2O5. The van der Waals surface area contributed by atoms with Crippen LogP contribution in [0.5, 0.6) is 5.75 Å². The number of rotatable bonds is 6. The van der Waals surface area contributed by atoms with E-state index >= 15 is 0 Å². The minimum absolute atomic E-state index is 0.0128. The van der Waals surface area contributed by atoms with Gasteiger partial charge in [-0.2, -0.15) is 0 Å². The van der Waals surface area contributed by atoms with E-state index in [1.165, 1.54) is 0 Å². The maximum Gasteiger partial charge on any atom is 0.341 e. The quantitative estimate of drug-likeness (QED) is 0.816. The summed E-state index contributed by atoms with van der Waals surface area (Å²) >= 11 is 0. The molecule has 1 heterocycles. The predicted octanol–water partition coefficient (Wildman–Crippen LogP) is 0.957.